The van der Waals surface area contributed by atoms with Gasteiger partial charge in [-0.2, -0.15) is 5.10 Å². The first-order valence-corrected chi connectivity index (χ1v) is 11.0. The zero-order valence-electron chi connectivity index (χ0n) is 17.6. The maximum atomic E-state index is 13.5. The van der Waals surface area contributed by atoms with Crippen molar-refractivity contribution in [1.29, 1.82) is 0 Å². The van der Waals surface area contributed by atoms with Crippen molar-refractivity contribution in [3.63, 3.8) is 0 Å². The smallest absolute Gasteiger partial charge is 0.280 e. The van der Waals surface area contributed by atoms with Crippen LogP contribution in [0.25, 0.3) is 10.2 Å². The molecule has 1 aliphatic heterocycles. The highest BCUT2D eigenvalue weighted by Gasteiger charge is 2.26. The minimum atomic E-state index is -0.127. The highest BCUT2D eigenvalue weighted by Crippen LogP contribution is 2.34. The molecule has 0 bridgehead atoms. The molecule has 2 aromatic heterocycles. The molecule has 4 rings (SSSR count). The molecule has 1 aromatic carbocycles. The van der Waals surface area contributed by atoms with Crippen molar-refractivity contribution in [3.8, 4) is 5.75 Å². The summed E-state index contributed by atoms with van der Waals surface area (Å²) < 4.78 is 13.9. The van der Waals surface area contributed by atoms with E-state index in [1.54, 1.807) is 9.58 Å². The summed E-state index contributed by atoms with van der Waals surface area (Å²) in [7, 11) is 1.83. The Morgan fingerprint density at radius 1 is 1.33 bits per heavy atom. The Hall–Kier alpha value is -2.49. The summed E-state index contributed by atoms with van der Waals surface area (Å²) in [6, 6.07) is 5.88. The van der Waals surface area contributed by atoms with E-state index in [4.69, 9.17) is 14.5 Å². The molecule has 0 unspecified atom stereocenters. The normalized spacial score (nSPS) is 14.9. The van der Waals surface area contributed by atoms with Crippen LogP contribution < -0.4 is 9.64 Å². The van der Waals surface area contributed by atoms with Crippen LogP contribution >= 0.6 is 11.3 Å². The molecule has 0 N–H and O–H groups in total. The lowest BCUT2D eigenvalue weighted by Gasteiger charge is -2.29. The number of carbonyl (C=O) groups excluding carboxylic acids is 1. The molecule has 0 atom stereocenters. The van der Waals surface area contributed by atoms with E-state index in [0.717, 1.165) is 54.4 Å². The van der Waals surface area contributed by atoms with E-state index in [1.807, 2.05) is 45.3 Å². The van der Waals surface area contributed by atoms with Gasteiger partial charge in [0, 0.05) is 45.0 Å². The van der Waals surface area contributed by atoms with Crippen molar-refractivity contribution in [3.05, 3.63) is 35.7 Å². The minimum absolute atomic E-state index is 0.127. The number of fused-ring (bicyclic) bond motifs is 1. The van der Waals surface area contributed by atoms with Crippen LogP contribution in [0.4, 0.5) is 5.13 Å². The van der Waals surface area contributed by atoms with Crippen molar-refractivity contribution >= 4 is 32.6 Å². The second-order valence-electron chi connectivity index (χ2n) is 7.28. The SMILES string of the molecule is CCOc1cccc2sc(N(CCN3CCOCC3)C(=O)c3nn(C)cc3C)nc12. The largest absolute Gasteiger partial charge is 0.492 e. The summed E-state index contributed by atoms with van der Waals surface area (Å²) in [5.74, 6) is 0.616. The third-order valence-corrected chi connectivity index (χ3v) is 6.15. The van der Waals surface area contributed by atoms with Gasteiger partial charge in [-0.05, 0) is 26.0 Å². The van der Waals surface area contributed by atoms with Crippen LogP contribution in [0.5, 0.6) is 5.75 Å². The van der Waals surface area contributed by atoms with Gasteiger partial charge in [-0.3, -0.25) is 19.3 Å². The van der Waals surface area contributed by atoms with E-state index in [1.165, 1.54) is 11.3 Å². The molecule has 0 saturated carbocycles. The van der Waals surface area contributed by atoms with Gasteiger partial charge in [0.25, 0.3) is 5.91 Å². The quantitative estimate of drug-likeness (QED) is 0.575. The van der Waals surface area contributed by atoms with Crippen LogP contribution in [0, 0.1) is 6.92 Å². The lowest BCUT2D eigenvalue weighted by molar-refractivity contribution is 0.0391. The number of morpholine rings is 1. The van der Waals surface area contributed by atoms with Crippen molar-refractivity contribution < 1.29 is 14.3 Å². The Kier molecular flexibility index (Phi) is 6.31. The molecular formula is C21H27N5O3S. The van der Waals surface area contributed by atoms with Crippen LogP contribution in [-0.4, -0.2) is 71.6 Å². The molecule has 3 heterocycles. The number of hydrogen-bond acceptors (Lipinski definition) is 7. The summed E-state index contributed by atoms with van der Waals surface area (Å²) in [6.45, 7) is 8.93. The fraction of sp³-hybridized carbons (Fsp3) is 0.476. The summed E-state index contributed by atoms with van der Waals surface area (Å²) >= 11 is 1.50. The molecule has 0 radical (unpaired) electrons. The highest BCUT2D eigenvalue weighted by atomic mass is 32.1. The number of aryl methyl sites for hydroxylation is 2. The van der Waals surface area contributed by atoms with E-state index in [2.05, 4.69) is 10.00 Å². The van der Waals surface area contributed by atoms with Gasteiger partial charge in [0.05, 0.1) is 24.5 Å². The molecule has 1 saturated heterocycles. The van der Waals surface area contributed by atoms with Crippen LogP contribution in [0.2, 0.25) is 0 Å². The number of benzene rings is 1. The van der Waals surface area contributed by atoms with Gasteiger partial charge in [-0.25, -0.2) is 4.98 Å². The van der Waals surface area contributed by atoms with E-state index < -0.39 is 0 Å². The van der Waals surface area contributed by atoms with Crippen LogP contribution in [0.1, 0.15) is 23.0 Å². The first-order valence-electron chi connectivity index (χ1n) is 10.2. The monoisotopic (exact) mass is 429 g/mol. The molecule has 1 fully saturated rings. The fourth-order valence-electron chi connectivity index (χ4n) is 3.60. The van der Waals surface area contributed by atoms with Crippen LogP contribution in [0.3, 0.4) is 0 Å². The predicted octanol–water partition coefficient (Wildman–Crippen LogP) is 2.72. The van der Waals surface area contributed by atoms with Crippen molar-refractivity contribution in [2.24, 2.45) is 7.05 Å². The van der Waals surface area contributed by atoms with Gasteiger partial charge in [-0.1, -0.05) is 17.4 Å². The van der Waals surface area contributed by atoms with E-state index >= 15 is 0 Å². The summed E-state index contributed by atoms with van der Waals surface area (Å²) in [5.41, 5.74) is 2.11. The molecule has 160 valence electrons. The number of rotatable bonds is 7. The number of amides is 1. The van der Waals surface area contributed by atoms with Gasteiger partial charge in [-0.15, -0.1) is 0 Å². The molecular weight excluding hydrogens is 402 g/mol. The number of nitrogens with zero attached hydrogens (tertiary/aromatic N) is 5. The third kappa shape index (κ3) is 4.33. The zero-order valence-corrected chi connectivity index (χ0v) is 18.4. The maximum absolute atomic E-state index is 13.5. The zero-order chi connectivity index (χ0) is 21.1. The van der Waals surface area contributed by atoms with E-state index in [0.29, 0.717) is 24.0 Å². The topological polar surface area (TPSA) is 72.7 Å². The first-order chi connectivity index (χ1) is 14.6. The van der Waals surface area contributed by atoms with E-state index in [-0.39, 0.29) is 5.91 Å². The van der Waals surface area contributed by atoms with Gasteiger partial charge in [0.1, 0.15) is 11.3 Å². The molecule has 0 spiro atoms. The molecule has 9 heteroatoms. The lowest BCUT2D eigenvalue weighted by atomic mass is 10.2. The maximum Gasteiger partial charge on any atom is 0.280 e. The second-order valence-corrected chi connectivity index (χ2v) is 8.29. The number of anilines is 1. The average Bonchev–Trinajstić information content (AvgIpc) is 3.32. The number of carbonyl (C=O) groups is 1. The standard InChI is InChI=1S/C21H27N5O3S/c1-4-29-16-6-5-7-17-19(16)22-21(30-17)26(9-8-25-10-12-28-13-11-25)20(27)18-15(2)14-24(3)23-18/h5-7,14H,4,8-13H2,1-3H3. The van der Waals surface area contributed by atoms with E-state index in [9.17, 15) is 4.79 Å². The van der Waals surface area contributed by atoms with Gasteiger partial charge in [0.2, 0.25) is 0 Å². The van der Waals surface area contributed by atoms with Crippen molar-refractivity contribution in [2.45, 2.75) is 13.8 Å². The third-order valence-electron chi connectivity index (χ3n) is 5.10. The van der Waals surface area contributed by atoms with Crippen LogP contribution in [0.15, 0.2) is 24.4 Å². The lowest BCUT2D eigenvalue weighted by Crippen LogP contribution is -2.43. The molecule has 30 heavy (non-hydrogen) atoms. The Bertz CT molecular complexity index is 1020. The molecule has 3 aromatic rings. The molecule has 1 aliphatic rings. The van der Waals surface area contributed by atoms with Crippen LogP contribution in [-0.2, 0) is 11.8 Å². The Morgan fingerprint density at radius 3 is 2.83 bits per heavy atom. The molecule has 0 aliphatic carbocycles. The number of ether oxygens (including phenoxy) is 2. The number of aromatic nitrogens is 3. The Balaban J connectivity index is 1.67. The molecule has 1 amide bonds. The fourth-order valence-corrected chi connectivity index (χ4v) is 4.60. The summed E-state index contributed by atoms with van der Waals surface area (Å²) in [6.07, 6.45) is 1.86. The predicted molar refractivity (Wildman–Crippen MR) is 118 cm³/mol. The Morgan fingerprint density at radius 2 is 2.13 bits per heavy atom. The number of hydrogen-bond donors (Lipinski definition) is 0. The number of para-hydroxylation sites is 1. The number of thiazole rings is 1. The first kappa shape index (κ1) is 20.8. The minimum Gasteiger partial charge on any atom is -0.492 e. The summed E-state index contributed by atoms with van der Waals surface area (Å²) in [5, 5.41) is 5.06. The second kappa shape index (κ2) is 9.11. The summed E-state index contributed by atoms with van der Waals surface area (Å²) in [4.78, 5) is 22.3. The molecule has 8 nitrogen and oxygen atoms in total. The van der Waals surface area contributed by atoms with Crippen molar-refractivity contribution in [2.75, 3.05) is 50.9 Å². The highest BCUT2D eigenvalue weighted by molar-refractivity contribution is 7.22. The van der Waals surface area contributed by atoms with Gasteiger partial charge < -0.3 is 9.47 Å². The Labute approximate surface area is 180 Å². The van der Waals surface area contributed by atoms with Crippen molar-refractivity contribution in [1.82, 2.24) is 19.7 Å². The van der Waals surface area contributed by atoms with Gasteiger partial charge in [0.15, 0.2) is 10.8 Å². The van der Waals surface area contributed by atoms with Gasteiger partial charge >= 0.3 is 0 Å². The average molecular weight is 430 g/mol.